The molecule has 0 aliphatic carbocycles. The lowest BCUT2D eigenvalue weighted by atomic mass is 10.1. The molecule has 0 aliphatic rings. The minimum Gasteiger partial charge on any atom is -0.461 e. The first kappa shape index (κ1) is 18.4. The Morgan fingerprint density at radius 3 is 1.84 bits per heavy atom. The summed E-state index contributed by atoms with van der Waals surface area (Å²) in [6.07, 6.45) is -1.52. The maximum Gasteiger partial charge on any atom is 0.465 e. The van der Waals surface area contributed by atoms with E-state index in [4.69, 9.17) is 11.6 Å². The molecule has 0 fully saturated rings. The number of alkyl halides is 6. The van der Waals surface area contributed by atoms with Crippen molar-refractivity contribution in [3.63, 3.8) is 0 Å². The molecule has 0 rings (SSSR count). The second kappa shape index (κ2) is 8.55. The Kier molecular flexibility index (Phi) is 8.29. The van der Waals surface area contributed by atoms with E-state index in [1.165, 1.54) is 0 Å². The third-order valence-electron chi connectivity index (χ3n) is 2.37. The van der Waals surface area contributed by atoms with Crippen LogP contribution < -0.4 is 0 Å². The Morgan fingerprint density at radius 2 is 1.37 bits per heavy atom. The van der Waals surface area contributed by atoms with Crippen LogP contribution in [0.1, 0.15) is 38.5 Å². The Balaban J connectivity index is 3.70. The zero-order valence-electron chi connectivity index (χ0n) is 10.2. The summed E-state index contributed by atoms with van der Waals surface area (Å²) in [6, 6.07) is 0. The standard InChI is InChI=1S/C11H16ClF5O2/c12-7-5-3-1-2-4-6-8-19-9(18)10(13,14)11(15,16)17/h1-8H2. The van der Waals surface area contributed by atoms with Crippen molar-refractivity contribution in [2.24, 2.45) is 0 Å². The van der Waals surface area contributed by atoms with Crippen molar-refractivity contribution in [2.75, 3.05) is 12.5 Å². The lowest BCUT2D eigenvalue weighted by Gasteiger charge is -2.17. The van der Waals surface area contributed by atoms with Gasteiger partial charge in [0, 0.05) is 5.88 Å². The van der Waals surface area contributed by atoms with E-state index >= 15 is 0 Å². The molecular formula is C11H16ClF5O2. The number of hydrogen-bond acceptors (Lipinski definition) is 2. The van der Waals surface area contributed by atoms with Crippen molar-refractivity contribution in [1.82, 2.24) is 0 Å². The second-order valence-corrected chi connectivity index (χ2v) is 4.40. The number of halogens is 6. The molecule has 0 atom stereocenters. The molecule has 0 saturated heterocycles. The van der Waals surface area contributed by atoms with Gasteiger partial charge in [-0.25, -0.2) is 4.79 Å². The molecule has 19 heavy (non-hydrogen) atoms. The van der Waals surface area contributed by atoms with Gasteiger partial charge in [-0.2, -0.15) is 22.0 Å². The fraction of sp³-hybridized carbons (Fsp3) is 0.909. The van der Waals surface area contributed by atoms with E-state index in [9.17, 15) is 26.7 Å². The summed E-state index contributed by atoms with van der Waals surface area (Å²) in [5, 5.41) is 0. The van der Waals surface area contributed by atoms with Gasteiger partial charge in [-0.3, -0.25) is 0 Å². The third kappa shape index (κ3) is 6.94. The molecule has 0 heterocycles. The van der Waals surface area contributed by atoms with E-state index in [-0.39, 0.29) is 6.42 Å². The average molecular weight is 311 g/mol. The van der Waals surface area contributed by atoms with E-state index in [1.54, 1.807) is 0 Å². The quantitative estimate of drug-likeness (QED) is 0.274. The highest BCUT2D eigenvalue weighted by molar-refractivity contribution is 6.17. The molecule has 0 N–H and O–H groups in total. The Bertz CT molecular complexity index is 268. The van der Waals surface area contributed by atoms with Crippen molar-refractivity contribution < 1.29 is 31.5 Å². The molecule has 114 valence electrons. The zero-order valence-corrected chi connectivity index (χ0v) is 11.0. The van der Waals surface area contributed by atoms with Gasteiger partial charge in [0.15, 0.2) is 0 Å². The average Bonchev–Trinajstić information content (AvgIpc) is 2.30. The van der Waals surface area contributed by atoms with Crippen molar-refractivity contribution >= 4 is 17.6 Å². The molecule has 8 heteroatoms. The second-order valence-electron chi connectivity index (χ2n) is 4.02. The van der Waals surface area contributed by atoms with E-state index in [2.05, 4.69) is 4.74 Å². The van der Waals surface area contributed by atoms with Crippen LogP contribution in [0.15, 0.2) is 0 Å². The van der Waals surface area contributed by atoms with E-state index in [1.807, 2.05) is 0 Å². The predicted molar refractivity (Wildman–Crippen MR) is 60.4 cm³/mol. The van der Waals surface area contributed by atoms with Gasteiger partial charge >= 0.3 is 18.1 Å². The number of carbonyl (C=O) groups is 1. The molecule has 0 saturated carbocycles. The van der Waals surface area contributed by atoms with Crippen LogP contribution in [-0.4, -0.2) is 30.6 Å². The van der Waals surface area contributed by atoms with Crippen LogP contribution in [0.3, 0.4) is 0 Å². The molecule has 0 bridgehead atoms. The number of esters is 1. The topological polar surface area (TPSA) is 26.3 Å². The first-order chi connectivity index (χ1) is 8.73. The van der Waals surface area contributed by atoms with E-state index in [0.29, 0.717) is 12.3 Å². The number of unbranched alkanes of at least 4 members (excludes halogenated alkanes) is 5. The molecule has 0 spiro atoms. The fourth-order valence-electron chi connectivity index (χ4n) is 1.27. The fourth-order valence-corrected chi connectivity index (χ4v) is 1.46. The van der Waals surface area contributed by atoms with Gasteiger partial charge in [-0.1, -0.05) is 25.7 Å². The molecule has 2 nitrogen and oxygen atoms in total. The monoisotopic (exact) mass is 310 g/mol. The summed E-state index contributed by atoms with van der Waals surface area (Å²) in [5.74, 6) is -7.40. The summed E-state index contributed by atoms with van der Waals surface area (Å²) in [4.78, 5) is 10.6. The van der Waals surface area contributed by atoms with Crippen molar-refractivity contribution in [1.29, 1.82) is 0 Å². The Hall–Kier alpha value is -0.590. The lowest BCUT2D eigenvalue weighted by Crippen LogP contribution is -2.45. The van der Waals surface area contributed by atoms with Crippen LogP contribution in [0.4, 0.5) is 22.0 Å². The van der Waals surface area contributed by atoms with E-state index in [0.717, 1.165) is 25.7 Å². The van der Waals surface area contributed by atoms with E-state index < -0.39 is 24.7 Å². The van der Waals surface area contributed by atoms with Gasteiger partial charge in [0.05, 0.1) is 6.61 Å². The van der Waals surface area contributed by atoms with Gasteiger partial charge < -0.3 is 4.74 Å². The van der Waals surface area contributed by atoms with Gasteiger partial charge in [-0.15, -0.1) is 11.6 Å². The summed E-state index contributed by atoms with van der Waals surface area (Å²) < 4.78 is 64.1. The molecule has 0 aromatic rings. The summed E-state index contributed by atoms with van der Waals surface area (Å²) >= 11 is 5.46. The van der Waals surface area contributed by atoms with Crippen molar-refractivity contribution in [2.45, 2.75) is 50.6 Å². The predicted octanol–water partition coefficient (Wildman–Crippen LogP) is 4.31. The van der Waals surface area contributed by atoms with Crippen molar-refractivity contribution in [3.8, 4) is 0 Å². The van der Waals surface area contributed by atoms with Gasteiger partial charge in [-0.05, 0) is 12.8 Å². The Labute approximate surface area is 113 Å². The number of rotatable bonds is 9. The van der Waals surface area contributed by atoms with Crippen LogP contribution in [0.2, 0.25) is 0 Å². The molecule has 0 aromatic heterocycles. The summed E-state index contributed by atoms with van der Waals surface area (Å²) in [7, 11) is 0. The normalized spacial score (nSPS) is 12.5. The summed E-state index contributed by atoms with van der Waals surface area (Å²) in [6.45, 7) is -0.431. The molecule has 0 aromatic carbocycles. The number of ether oxygens (including phenoxy) is 1. The van der Waals surface area contributed by atoms with Crippen LogP contribution in [0.25, 0.3) is 0 Å². The van der Waals surface area contributed by atoms with Crippen LogP contribution >= 0.6 is 11.6 Å². The first-order valence-corrected chi connectivity index (χ1v) is 6.44. The number of carbonyl (C=O) groups excluding carboxylic acids is 1. The lowest BCUT2D eigenvalue weighted by molar-refractivity contribution is -0.280. The third-order valence-corrected chi connectivity index (χ3v) is 2.64. The van der Waals surface area contributed by atoms with Gasteiger partial charge in [0.1, 0.15) is 0 Å². The van der Waals surface area contributed by atoms with Crippen LogP contribution in [0, 0.1) is 0 Å². The number of hydrogen-bond donors (Lipinski definition) is 0. The SMILES string of the molecule is O=C(OCCCCCCCCCl)C(F)(F)C(F)(F)F. The van der Waals surface area contributed by atoms with Crippen LogP contribution in [0.5, 0.6) is 0 Å². The maximum absolute atomic E-state index is 12.4. The highest BCUT2D eigenvalue weighted by Gasteiger charge is 2.64. The maximum atomic E-state index is 12.4. The minimum atomic E-state index is -5.91. The molecule has 0 aliphatic heterocycles. The van der Waals surface area contributed by atoms with Crippen molar-refractivity contribution in [3.05, 3.63) is 0 Å². The highest BCUT2D eigenvalue weighted by atomic mass is 35.5. The van der Waals surface area contributed by atoms with Gasteiger partial charge in [0.25, 0.3) is 0 Å². The smallest absolute Gasteiger partial charge is 0.461 e. The highest BCUT2D eigenvalue weighted by Crippen LogP contribution is 2.36. The van der Waals surface area contributed by atoms with Gasteiger partial charge in [0.2, 0.25) is 0 Å². The van der Waals surface area contributed by atoms with Crippen LogP contribution in [-0.2, 0) is 9.53 Å². The largest absolute Gasteiger partial charge is 0.465 e. The molecule has 0 amide bonds. The Morgan fingerprint density at radius 1 is 0.895 bits per heavy atom. The molecule has 0 radical (unpaired) electrons. The first-order valence-electron chi connectivity index (χ1n) is 5.91. The molecular weight excluding hydrogens is 295 g/mol. The zero-order chi connectivity index (χ0) is 14.9. The minimum absolute atomic E-state index is 0.264. The summed E-state index contributed by atoms with van der Waals surface area (Å²) in [5.41, 5.74) is 0. The molecule has 0 unspecified atom stereocenters.